The number of carboxylic acid groups (broad SMARTS) is 1. The van der Waals surface area contributed by atoms with E-state index in [-0.39, 0.29) is 5.56 Å². The molecule has 0 fully saturated rings. The van der Waals surface area contributed by atoms with Crippen molar-refractivity contribution in [1.29, 1.82) is 0 Å². The molecule has 0 bridgehead atoms. The maximum Gasteiger partial charge on any atom is 0.300 e. The number of aromatic amines is 1. The van der Waals surface area contributed by atoms with Crippen LogP contribution in [-0.2, 0) is 17.9 Å². The molecule has 0 saturated heterocycles. The molecule has 0 atom stereocenters. The van der Waals surface area contributed by atoms with E-state index >= 15 is 0 Å². The number of aromatic nitrogens is 3. The SMILES string of the molecule is CC(=O)O.NCCCn1cc(-c2nc3ccccc3[nH]c2=O)c2ccc(OCc3ccccc3)cc21. The van der Waals surface area contributed by atoms with Crippen LogP contribution >= 0.6 is 0 Å². The van der Waals surface area contributed by atoms with E-state index in [1.165, 1.54) is 0 Å². The Hall–Kier alpha value is -4.43. The Bertz CT molecular complexity index is 1540. The van der Waals surface area contributed by atoms with Crippen molar-refractivity contribution in [2.75, 3.05) is 6.54 Å². The molecule has 0 spiro atoms. The number of nitrogens with two attached hydrogens (primary N) is 1. The highest BCUT2D eigenvalue weighted by molar-refractivity contribution is 5.96. The number of nitrogens with one attached hydrogen (secondary N) is 1. The highest BCUT2D eigenvalue weighted by Crippen LogP contribution is 2.31. The molecule has 4 N–H and O–H groups in total. The van der Waals surface area contributed by atoms with Gasteiger partial charge in [0.15, 0.2) is 0 Å². The standard InChI is InChI=1S/C26H24N4O2.C2H4O2/c27-13-6-14-30-16-21(25-26(31)29-23-10-5-4-9-22(23)28-25)20-12-11-19(15-24(20)30)32-17-18-7-2-1-3-8-18;1-2(3)4/h1-5,7-12,15-16H,6,13-14,17,27H2,(H,29,31);1H3,(H,3,4). The zero-order valence-electron chi connectivity index (χ0n) is 20.0. The number of ether oxygens (including phenoxy) is 1. The molecule has 0 aliphatic rings. The summed E-state index contributed by atoms with van der Waals surface area (Å²) in [4.78, 5) is 29.5. The third kappa shape index (κ3) is 5.79. The Morgan fingerprint density at radius 1 is 1.08 bits per heavy atom. The molecule has 0 aliphatic carbocycles. The molecule has 0 amide bonds. The summed E-state index contributed by atoms with van der Waals surface area (Å²) >= 11 is 0. The molecule has 0 saturated carbocycles. The van der Waals surface area contributed by atoms with Crippen molar-refractivity contribution in [2.45, 2.75) is 26.5 Å². The highest BCUT2D eigenvalue weighted by atomic mass is 16.5. The first-order chi connectivity index (χ1) is 17.5. The monoisotopic (exact) mass is 484 g/mol. The lowest BCUT2D eigenvalue weighted by Gasteiger charge is -2.08. The summed E-state index contributed by atoms with van der Waals surface area (Å²) in [5.41, 5.74) is 10.4. The third-order valence-corrected chi connectivity index (χ3v) is 5.56. The van der Waals surface area contributed by atoms with E-state index in [1.54, 1.807) is 0 Å². The van der Waals surface area contributed by atoms with Crippen LogP contribution < -0.4 is 16.0 Å². The van der Waals surface area contributed by atoms with Crippen LogP contribution in [0.4, 0.5) is 0 Å². The van der Waals surface area contributed by atoms with Crippen LogP contribution in [0.5, 0.6) is 5.75 Å². The largest absolute Gasteiger partial charge is 0.489 e. The first kappa shape index (κ1) is 24.7. The van der Waals surface area contributed by atoms with Crippen LogP contribution in [0, 0.1) is 0 Å². The number of aryl methyl sites for hydroxylation is 1. The molecule has 2 aromatic heterocycles. The van der Waals surface area contributed by atoms with Crippen LogP contribution in [-0.4, -0.2) is 32.2 Å². The number of H-pyrrole nitrogens is 1. The van der Waals surface area contributed by atoms with E-state index in [0.717, 1.165) is 58.7 Å². The Morgan fingerprint density at radius 2 is 1.81 bits per heavy atom. The third-order valence-electron chi connectivity index (χ3n) is 5.56. The lowest BCUT2D eigenvalue weighted by Crippen LogP contribution is -2.11. The van der Waals surface area contributed by atoms with Gasteiger partial charge in [-0.15, -0.1) is 0 Å². The fraction of sp³-hybridized carbons (Fsp3) is 0.179. The van der Waals surface area contributed by atoms with E-state index in [0.29, 0.717) is 18.8 Å². The lowest BCUT2D eigenvalue weighted by molar-refractivity contribution is -0.134. The molecule has 8 nitrogen and oxygen atoms in total. The number of carboxylic acids is 1. The molecule has 5 aromatic rings. The summed E-state index contributed by atoms with van der Waals surface area (Å²) in [5.74, 6) is -0.0552. The van der Waals surface area contributed by atoms with E-state index in [1.807, 2.05) is 79.0 Å². The van der Waals surface area contributed by atoms with Gasteiger partial charge in [0, 0.05) is 36.7 Å². The van der Waals surface area contributed by atoms with Gasteiger partial charge in [-0.3, -0.25) is 9.59 Å². The van der Waals surface area contributed by atoms with Crippen LogP contribution in [0.15, 0.2) is 83.8 Å². The molecule has 5 rings (SSSR count). The average Bonchev–Trinajstić information content (AvgIpc) is 3.23. The number of nitrogens with zero attached hydrogens (tertiary/aromatic N) is 2. The van der Waals surface area contributed by atoms with Gasteiger partial charge in [-0.25, -0.2) is 4.98 Å². The number of carbonyl (C=O) groups is 1. The van der Waals surface area contributed by atoms with E-state index < -0.39 is 5.97 Å². The summed E-state index contributed by atoms with van der Waals surface area (Å²) in [5, 5.41) is 8.38. The van der Waals surface area contributed by atoms with Gasteiger partial charge in [-0.2, -0.15) is 0 Å². The van der Waals surface area contributed by atoms with Crippen LogP contribution in [0.1, 0.15) is 18.9 Å². The Morgan fingerprint density at radius 3 is 2.56 bits per heavy atom. The molecular formula is C28H28N4O4. The summed E-state index contributed by atoms with van der Waals surface area (Å²) in [6.07, 6.45) is 2.83. The minimum Gasteiger partial charge on any atom is -0.489 e. The number of hydrogen-bond acceptors (Lipinski definition) is 5. The number of hydrogen-bond donors (Lipinski definition) is 3. The van der Waals surface area contributed by atoms with Gasteiger partial charge in [0.1, 0.15) is 18.1 Å². The van der Waals surface area contributed by atoms with Crippen molar-refractivity contribution in [3.05, 3.63) is 94.9 Å². The van der Waals surface area contributed by atoms with Gasteiger partial charge in [0.25, 0.3) is 11.5 Å². The second kappa shape index (κ2) is 11.3. The predicted molar refractivity (Wildman–Crippen MR) is 141 cm³/mol. The van der Waals surface area contributed by atoms with E-state index in [9.17, 15) is 4.79 Å². The minimum atomic E-state index is -0.833. The number of rotatable bonds is 7. The quantitative estimate of drug-likeness (QED) is 0.311. The van der Waals surface area contributed by atoms with Gasteiger partial charge in [-0.05, 0) is 42.8 Å². The minimum absolute atomic E-state index is 0.203. The smallest absolute Gasteiger partial charge is 0.300 e. The Labute approximate surface area is 208 Å². The zero-order chi connectivity index (χ0) is 25.5. The van der Waals surface area contributed by atoms with Gasteiger partial charge in [-0.1, -0.05) is 42.5 Å². The maximum absolute atomic E-state index is 12.9. The molecule has 0 radical (unpaired) electrons. The predicted octanol–water partition coefficient (Wildman–Crippen LogP) is 4.56. The Kier molecular flexibility index (Phi) is 7.77. The molecule has 36 heavy (non-hydrogen) atoms. The topological polar surface area (TPSA) is 123 Å². The summed E-state index contributed by atoms with van der Waals surface area (Å²) in [6, 6.07) is 23.6. The number of para-hydroxylation sites is 2. The van der Waals surface area contributed by atoms with Gasteiger partial charge < -0.3 is 25.1 Å². The van der Waals surface area contributed by atoms with Crippen LogP contribution in [0.3, 0.4) is 0 Å². The molecule has 8 heteroatoms. The number of fused-ring (bicyclic) bond motifs is 2. The molecule has 3 aromatic carbocycles. The molecule has 2 heterocycles. The fourth-order valence-electron chi connectivity index (χ4n) is 3.95. The second-order valence-corrected chi connectivity index (χ2v) is 8.28. The molecule has 0 unspecified atom stereocenters. The van der Waals surface area contributed by atoms with Crippen molar-refractivity contribution in [2.24, 2.45) is 5.73 Å². The summed E-state index contributed by atoms with van der Waals surface area (Å²) in [6.45, 7) is 2.92. The van der Waals surface area contributed by atoms with E-state index in [4.69, 9.17) is 20.4 Å². The summed E-state index contributed by atoms with van der Waals surface area (Å²) in [7, 11) is 0. The van der Waals surface area contributed by atoms with Gasteiger partial charge >= 0.3 is 0 Å². The van der Waals surface area contributed by atoms with Crippen LogP contribution in [0.25, 0.3) is 33.2 Å². The van der Waals surface area contributed by atoms with Crippen LogP contribution in [0.2, 0.25) is 0 Å². The first-order valence-corrected chi connectivity index (χ1v) is 11.6. The lowest BCUT2D eigenvalue weighted by atomic mass is 10.1. The summed E-state index contributed by atoms with van der Waals surface area (Å²) < 4.78 is 8.16. The van der Waals surface area contributed by atoms with Crippen molar-refractivity contribution < 1.29 is 14.6 Å². The molecule has 0 aliphatic heterocycles. The van der Waals surface area contributed by atoms with Crippen molar-refractivity contribution >= 4 is 27.9 Å². The van der Waals surface area contributed by atoms with Crippen molar-refractivity contribution in [3.63, 3.8) is 0 Å². The number of aliphatic carboxylic acids is 1. The van der Waals surface area contributed by atoms with Gasteiger partial charge in [0.2, 0.25) is 0 Å². The number of benzene rings is 3. The zero-order valence-corrected chi connectivity index (χ0v) is 20.0. The molecule has 184 valence electrons. The van der Waals surface area contributed by atoms with E-state index in [2.05, 4.69) is 14.5 Å². The normalized spacial score (nSPS) is 10.7. The Balaban J connectivity index is 0.000000709. The van der Waals surface area contributed by atoms with Crippen molar-refractivity contribution in [3.8, 4) is 17.0 Å². The second-order valence-electron chi connectivity index (χ2n) is 8.28. The first-order valence-electron chi connectivity index (χ1n) is 11.6. The van der Waals surface area contributed by atoms with Gasteiger partial charge in [0.05, 0.1) is 16.6 Å². The fourth-order valence-corrected chi connectivity index (χ4v) is 3.95. The van der Waals surface area contributed by atoms with Crippen molar-refractivity contribution in [1.82, 2.24) is 14.5 Å². The maximum atomic E-state index is 12.9. The molecular weight excluding hydrogens is 456 g/mol. The highest BCUT2D eigenvalue weighted by Gasteiger charge is 2.16. The average molecular weight is 485 g/mol.